The maximum atomic E-state index is 13.0. The number of para-hydroxylation sites is 1. The first kappa shape index (κ1) is 23.6. The molecule has 0 bridgehead atoms. The summed E-state index contributed by atoms with van der Waals surface area (Å²) >= 11 is 3.29. The number of benzene rings is 1. The molecule has 3 aliphatic heterocycles. The molecule has 6 nitrogen and oxygen atoms in total. The van der Waals surface area contributed by atoms with Crippen molar-refractivity contribution in [3.8, 4) is 0 Å². The average molecular weight is 610 g/mol. The van der Waals surface area contributed by atoms with Gasteiger partial charge in [0.15, 0.2) is 0 Å². The fourth-order valence-corrected chi connectivity index (χ4v) is 7.40. The van der Waals surface area contributed by atoms with Crippen LogP contribution in [0.2, 0.25) is 0 Å². The second-order valence-electron chi connectivity index (χ2n) is 10.6. The molecule has 0 N–H and O–H groups in total. The van der Waals surface area contributed by atoms with Gasteiger partial charge in [-0.15, -0.1) is 0 Å². The van der Waals surface area contributed by atoms with Crippen molar-refractivity contribution in [1.82, 2.24) is 14.8 Å². The van der Waals surface area contributed by atoms with E-state index in [-0.39, 0.29) is 28.2 Å². The Balaban J connectivity index is 1.59. The number of hydrogen-bond acceptors (Lipinski definition) is 5. The van der Waals surface area contributed by atoms with Gasteiger partial charge in [0.2, 0.25) is 0 Å². The monoisotopic (exact) mass is 612 g/mol. The number of carbonyl (C=O) groups excluding carboxylic acids is 2. The molecule has 3 aromatic rings. The molecule has 2 amide bonds. The molecule has 3 aliphatic rings. The number of amides is 2. The van der Waals surface area contributed by atoms with Crippen LogP contribution in [0.25, 0.3) is 6.08 Å². The molecule has 0 spiro atoms. The van der Waals surface area contributed by atoms with Gasteiger partial charge in [-0.3, -0.25) is 0 Å². The van der Waals surface area contributed by atoms with Crippen LogP contribution < -0.4 is 4.90 Å². The fourth-order valence-electron chi connectivity index (χ4n) is 5.65. The molecule has 0 unspecified atom stereocenters. The Morgan fingerprint density at radius 2 is 1.47 bits per heavy atom. The predicted molar refractivity (Wildman–Crippen MR) is 145 cm³/mol. The zero-order valence-electron chi connectivity index (χ0n) is 21.0. The first-order valence-electron chi connectivity index (χ1n) is 11.8. The zero-order valence-corrected chi connectivity index (χ0v) is 24.2. The molecule has 6 rings (SSSR count). The number of aromatic nitrogens is 1. The van der Waals surface area contributed by atoms with Gasteiger partial charge < -0.3 is 0 Å². The van der Waals surface area contributed by atoms with Crippen LogP contribution in [0.5, 0.6) is 0 Å². The Morgan fingerprint density at radius 1 is 0.889 bits per heavy atom. The summed E-state index contributed by atoms with van der Waals surface area (Å²) in [5.41, 5.74) is 5.81. The van der Waals surface area contributed by atoms with Crippen LogP contribution in [0.15, 0.2) is 48.2 Å². The molecule has 0 saturated carbocycles. The molecular formula is C28H26N4O2STe. The fraction of sp³-hybridized carbons (Fsp3) is 0.286. The third kappa shape index (κ3) is 2.95. The van der Waals surface area contributed by atoms with Crippen LogP contribution in [-0.2, 0) is 20.4 Å². The van der Waals surface area contributed by atoms with Gasteiger partial charge in [-0.1, -0.05) is 13.8 Å². The number of pyridine rings is 1. The van der Waals surface area contributed by atoms with Crippen LogP contribution in [0, 0.1) is 0 Å². The minimum atomic E-state index is -0.277. The molecule has 182 valence electrons. The molecule has 0 atom stereocenters. The van der Waals surface area contributed by atoms with Crippen LogP contribution in [0.1, 0.15) is 54.8 Å². The Morgan fingerprint density at radius 3 is 2.11 bits per heavy atom. The van der Waals surface area contributed by atoms with E-state index in [0.717, 1.165) is 15.7 Å². The summed E-state index contributed by atoms with van der Waals surface area (Å²) in [6.45, 7) is 9.03. The average Bonchev–Trinajstić information content (AvgIpc) is 3.29. The number of nitrogens with zero attached hydrogens (tertiary/aromatic N) is 4. The van der Waals surface area contributed by atoms with Gasteiger partial charge in [0.05, 0.1) is 0 Å². The number of fused-ring (bicyclic) bond motifs is 4. The molecule has 1 saturated heterocycles. The van der Waals surface area contributed by atoms with Crippen molar-refractivity contribution in [2.45, 2.75) is 38.5 Å². The number of likely N-dealkylation sites (N-methyl/N-ethyl adjacent to an activating group) is 2. The second kappa shape index (κ2) is 7.61. The van der Waals surface area contributed by atoms with Crippen molar-refractivity contribution in [1.29, 1.82) is 0 Å². The third-order valence-corrected chi connectivity index (χ3v) is 10.4. The second-order valence-corrected chi connectivity index (χ2v) is 12.7. The Bertz CT molecular complexity index is 1520. The van der Waals surface area contributed by atoms with Crippen molar-refractivity contribution in [2.24, 2.45) is 0 Å². The molecule has 2 aromatic heterocycles. The summed E-state index contributed by atoms with van der Waals surface area (Å²) in [6, 6.07) is 12.9. The zero-order chi connectivity index (χ0) is 25.7. The summed E-state index contributed by atoms with van der Waals surface area (Å²) in [5, 5.41) is 1.09. The normalized spacial score (nSPS) is 19.2. The Labute approximate surface area is 227 Å². The van der Waals surface area contributed by atoms with Gasteiger partial charge in [0.1, 0.15) is 0 Å². The third-order valence-electron chi connectivity index (χ3n) is 7.82. The number of carbonyl (C=O) groups is 2. The summed E-state index contributed by atoms with van der Waals surface area (Å²) in [4.78, 5) is 37.2. The van der Waals surface area contributed by atoms with Crippen molar-refractivity contribution in [2.75, 3.05) is 19.0 Å². The van der Waals surface area contributed by atoms with Crippen molar-refractivity contribution in [3.63, 3.8) is 0 Å². The van der Waals surface area contributed by atoms with E-state index in [0.29, 0.717) is 3.80 Å². The molecular weight excluding hydrogens is 584 g/mol. The van der Waals surface area contributed by atoms with E-state index >= 15 is 0 Å². The van der Waals surface area contributed by atoms with Crippen molar-refractivity contribution in [3.05, 3.63) is 75.3 Å². The quantitative estimate of drug-likeness (QED) is 0.232. The van der Waals surface area contributed by atoms with E-state index in [1.807, 2.05) is 12.3 Å². The topological polar surface area (TPSA) is 56.8 Å². The summed E-state index contributed by atoms with van der Waals surface area (Å²) in [7, 11) is 3.41. The Kier molecular flexibility index (Phi) is 4.99. The van der Waals surface area contributed by atoms with Gasteiger partial charge in [-0.25, -0.2) is 0 Å². The molecule has 36 heavy (non-hydrogen) atoms. The molecule has 5 heterocycles. The van der Waals surface area contributed by atoms with Crippen molar-refractivity contribution < 1.29 is 9.59 Å². The van der Waals surface area contributed by atoms with Crippen LogP contribution in [-0.4, -0.2) is 66.3 Å². The van der Waals surface area contributed by atoms with E-state index in [1.165, 1.54) is 37.7 Å². The van der Waals surface area contributed by atoms with Crippen LogP contribution in [0.3, 0.4) is 0 Å². The summed E-state index contributed by atoms with van der Waals surface area (Å²) in [6.07, 6.45) is 3.60. The van der Waals surface area contributed by atoms with Crippen LogP contribution in [0.4, 0.5) is 16.5 Å². The maximum absolute atomic E-state index is 13.0. The SMILES string of the molecule is CN1C(=O)C(=Cc2cc3c(s2)N2c4ncccc4C(C)(C)c4cccc(c42)C3(C)C)C(=O)N(C)C1=[Te]. The molecule has 0 radical (unpaired) electrons. The van der Waals surface area contributed by atoms with E-state index in [4.69, 9.17) is 4.98 Å². The molecule has 0 aliphatic carbocycles. The van der Waals surface area contributed by atoms with Crippen LogP contribution >= 0.6 is 11.3 Å². The van der Waals surface area contributed by atoms with Crippen molar-refractivity contribution >= 4 is 71.4 Å². The van der Waals surface area contributed by atoms with E-state index in [1.54, 1.807) is 53.3 Å². The van der Waals surface area contributed by atoms with E-state index < -0.39 is 0 Å². The van der Waals surface area contributed by atoms with Gasteiger partial charge >= 0.3 is 209 Å². The van der Waals surface area contributed by atoms with Gasteiger partial charge in [-0.2, -0.15) is 0 Å². The molecule has 8 heteroatoms. The number of thiophene rings is 1. The van der Waals surface area contributed by atoms with Gasteiger partial charge in [-0.05, 0) is 6.07 Å². The predicted octanol–water partition coefficient (Wildman–Crippen LogP) is 4.46. The number of rotatable bonds is 1. The van der Waals surface area contributed by atoms with Gasteiger partial charge in [0, 0.05) is 0 Å². The molecule has 1 aromatic carbocycles. The first-order valence-corrected chi connectivity index (χ1v) is 13.8. The minimum absolute atomic E-state index is 0.181. The van der Waals surface area contributed by atoms with Gasteiger partial charge in [0.25, 0.3) is 0 Å². The molecule has 1 fully saturated rings. The summed E-state index contributed by atoms with van der Waals surface area (Å²) < 4.78 is 0.631. The first-order chi connectivity index (χ1) is 17.0. The Hall–Kier alpha value is -2.79. The van der Waals surface area contributed by atoms with E-state index in [2.05, 4.69) is 62.9 Å². The summed E-state index contributed by atoms with van der Waals surface area (Å²) in [5.74, 6) is 0.387. The standard InChI is InChI=1S/C28H26N4O2STe/c1-27(2)17-9-7-10-18-21(17)32(22-19(27)11-8-12-29-22)25-20(28(18,3)4)14-15(35-25)13-16-23(33)30(5)26(36)31(6)24(16)34/h7-14H,1-6H3. The number of hydrogen-bond donors (Lipinski definition) is 0. The number of anilines is 3. The van der Waals surface area contributed by atoms with E-state index in [9.17, 15) is 9.59 Å².